The van der Waals surface area contributed by atoms with Gasteiger partial charge in [-0.05, 0) is 48.4 Å². The molecule has 0 spiro atoms. The van der Waals surface area contributed by atoms with Crippen molar-refractivity contribution >= 4 is 29.2 Å². The molecule has 0 radical (unpaired) electrons. The Morgan fingerprint density at radius 3 is 2.59 bits per heavy atom. The molecule has 1 aliphatic rings. The van der Waals surface area contributed by atoms with Gasteiger partial charge in [-0.1, -0.05) is 28.9 Å². The van der Waals surface area contributed by atoms with E-state index in [1.807, 2.05) is 25.1 Å². The van der Waals surface area contributed by atoms with Crippen LogP contribution in [0.5, 0.6) is 0 Å². The van der Waals surface area contributed by atoms with Crippen molar-refractivity contribution in [3.05, 3.63) is 58.7 Å². The maximum absolute atomic E-state index is 11.9. The average Bonchev–Trinajstić information content (AvgIpc) is 2.49. The lowest BCUT2D eigenvalue weighted by Crippen LogP contribution is -2.26. The molecule has 0 saturated carbocycles. The zero-order valence-electron chi connectivity index (χ0n) is 12.2. The van der Waals surface area contributed by atoms with Crippen LogP contribution in [0.15, 0.2) is 47.7 Å². The molecule has 22 heavy (non-hydrogen) atoms. The molecular formula is C16H15ClN2O3. The number of hydrogen-bond donors (Lipinski definition) is 0. The van der Waals surface area contributed by atoms with Gasteiger partial charge in [0, 0.05) is 12.1 Å². The van der Waals surface area contributed by atoms with Crippen molar-refractivity contribution < 1.29 is 14.4 Å². The molecule has 1 amide bonds. The SMILES string of the molecule is Cc1ccc(CN(C)C(=O)ON=C2C=CC(=O)C=C2)c(Cl)c1. The number of rotatable bonds is 3. The lowest BCUT2D eigenvalue weighted by atomic mass is 10.1. The first kappa shape index (κ1) is 16.0. The van der Waals surface area contributed by atoms with Crippen LogP contribution in [0.3, 0.4) is 0 Å². The average molecular weight is 319 g/mol. The molecule has 114 valence electrons. The molecule has 0 fully saturated rings. The van der Waals surface area contributed by atoms with Crippen molar-refractivity contribution in [2.75, 3.05) is 7.05 Å². The molecule has 0 saturated heterocycles. The van der Waals surface area contributed by atoms with Crippen molar-refractivity contribution in [2.45, 2.75) is 13.5 Å². The Balaban J connectivity index is 1.95. The quantitative estimate of drug-likeness (QED) is 0.488. The highest BCUT2D eigenvalue weighted by molar-refractivity contribution is 6.31. The summed E-state index contributed by atoms with van der Waals surface area (Å²) in [5, 5.41) is 4.28. The summed E-state index contributed by atoms with van der Waals surface area (Å²) in [6.07, 6.45) is 5.05. The third-order valence-corrected chi connectivity index (χ3v) is 3.35. The van der Waals surface area contributed by atoms with Crippen LogP contribution < -0.4 is 0 Å². The predicted octanol–water partition coefficient (Wildman–Crippen LogP) is 3.27. The van der Waals surface area contributed by atoms with Crippen molar-refractivity contribution in [2.24, 2.45) is 5.16 Å². The van der Waals surface area contributed by atoms with Crippen molar-refractivity contribution in [3.63, 3.8) is 0 Å². The Morgan fingerprint density at radius 1 is 1.27 bits per heavy atom. The van der Waals surface area contributed by atoms with Crippen LogP contribution in [0.4, 0.5) is 4.79 Å². The van der Waals surface area contributed by atoms with E-state index in [0.717, 1.165) is 11.1 Å². The molecular weight excluding hydrogens is 304 g/mol. The van der Waals surface area contributed by atoms with Gasteiger partial charge in [-0.25, -0.2) is 4.79 Å². The van der Waals surface area contributed by atoms with E-state index in [4.69, 9.17) is 16.4 Å². The molecule has 0 unspecified atom stereocenters. The van der Waals surface area contributed by atoms with E-state index in [1.54, 1.807) is 7.05 Å². The minimum absolute atomic E-state index is 0.128. The largest absolute Gasteiger partial charge is 0.436 e. The first-order valence-corrected chi connectivity index (χ1v) is 6.99. The summed E-state index contributed by atoms with van der Waals surface area (Å²) in [5.74, 6) is -0.128. The highest BCUT2D eigenvalue weighted by Gasteiger charge is 2.13. The summed E-state index contributed by atoms with van der Waals surface area (Å²) < 4.78 is 0. The number of benzene rings is 1. The highest BCUT2D eigenvalue weighted by Crippen LogP contribution is 2.19. The van der Waals surface area contributed by atoms with Gasteiger partial charge in [0.25, 0.3) is 0 Å². The number of ketones is 1. The van der Waals surface area contributed by atoms with Gasteiger partial charge in [-0.3, -0.25) is 9.63 Å². The second-order valence-electron chi connectivity index (χ2n) is 4.89. The zero-order chi connectivity index (χ0) is 16.1. The summed E-state index contributed by atoms with van der Waals surface area (Å²) >= 11 is 6.13. The summed E-state index contributed by atoms with van der Waals surface area (Å²) in [6, 6.07) is 5.63. The minimum Gasteiger partial charge on any atom is -0.305 e. The number of nitrogens with zero attached hydrogens (tertiary/aromatic N) is 2. The summed E-state index contributed by atoms with van der Waals surface area (Å²) in [5.41, 5.74) is 2.27. The molecule has 0 atom stereocenters. The van der Waals surface area contributed by atoms with Gasteiger partial charge in [0.15, 0.2) is 5.78 Å². The Labute approximate surface area is 133 Å². The molecule has 0 aliphatic heterocycles. The second-order valence-corrected chi connectivity index (χ2v) is 5.30. The van der Waals surface area contributed by atoms with Gasteiger partial charge >= 0.3 is 6.09 Å². The van der Waals surface area contributed by atoms with Crippen molar-refractivity contribution in [3.8, 4) is 0 Å². The first-order valence-electron chi connectivity index (χ1n) is 6.61. The fourth-order valence-electron chi connectivity index (χ4n) is 1.77. The summed E-state index contributed by atoms with van der Waals surface area (Å²) in [4.78, 5) is 29.0. The van der Waals surface area contributed by atoms with E-state index in [0.29, 0.717) is 17.3 Å². The third-order valence-electron chi connectivity index (χ3n) is 2.99. The van der Waals surface area contributed by atoms with Crippen LogP contribution >= 0.6 is 11.6 Å². The Hall–Kier alpha value is -2.40. The molecule has 6 heteroatoms. The molecule has 5 nitrogen and oxygen atoms in total. The summed E-state index contributed by atoms with van der Waals surface area (Å²) in [6.45, 7) is 2.26. The predicted molar refractivity (Wildman–Crippen MR) is 84.9 cm³/mol. The van der Waals surface area contributed by atoms with E-state index >= 15 is 0 Å². The van der Waals surface area contributed by atoms with Crippen LogP contribution in [0.25, 0.3) is 0 Å². The fourth-order valence-corrected chi connectivity index (χ4v) is 2.06. The van der Waals surface area contributed by atoms with Gasteiger partial charge in [-0.15, -0.1) is 0 Å². The second kappa shape index (κ2) is 7.04. The normalized spacial score (nSPS) is 13.2. The van der Waals surface area contributed by atoms with Crippen LogP contribution in [-0.4, -0.2) is 29.5 Å². The van der Waals surface area contributed by atoms with E-state index in [1.165, 1.54) is 29.2 Å². The Morgan fingerprint density at radius 2 is 1.95 bits per heavy atom. The Kier molecular flexibility index (Phi) is 5.12. The van der Waals surface area contributed by atoms with Crippen molar-refractivity contribution in [1.82, 2.24) is 4.90 Å². The number of amides is 1. The van der Waals surface area contributed by atoms with Gasteiger partial charge in [0.05, 0.1) is 6.54 Å². The van der Waals surface area contributed by atoms with Gasteiger partial charge < -0.3 is 4.90 Å². The number of aryl methyl sites for hydroxylation is 1. The lowest BCUT2D eigenvalue weighted by Gasteiger charge is -2.16. The van der Waals surface area contributed by atoms with Crippen LogP contribution in [0, 0.1) is 6.92 Å². The number of hydrogen-bond acceptors (Lipinski definition) is 4. The first-order chi connectivity index (χ1) is 10.5. The van der Waals surface area contributed by atoms with Gasteiger partial charge in [-0.2, -0.15) is 0 Å². The van der Waals surface area contributed by atoms with Crippen LogP contribution in [0.1, 0.15) is 11.1 Å². The minimum atomic E-state index is -0.608. The number of carbonyl (C=O) groups excluding carboxylic acids is 2. The smallest absolute Gasteiger partial charge is 0.305 e. The molecule has 0 aromatic heterocycles. The van der Waals surface area contributed by atoms with E-state index in [2.05, 4.69) is 5.16 Å². The molecule has 0 heterocycles. The van der Waals surface area contributed by atoms with E-state index in [-0.39, 0.29) is 5.78 Å². The molecule has 1 aliphatic carbocycles. The maximum atomic E-state index is 11.9. The summed E-state index contributed by atoms with van der Waals surface area (Å²) in [7, 11) is 1.59. The lowest BCUT2D eigenvalue weighted by molar-refractivity contribution is -0.110. The maximum Gasteiger partial charge on any atom is 0.436 e. The molecule has 0 bridgehead atoms. The van der Waals surface area contributed by atoms with Crippen LogP contribution in [0.2, 0.25) is 5.02 Å². The zero-order valence-corrected chi connectivity index (χ0v) is 13.0. The molecule has 2 rings (SSSR count). The van der Waals surface area contributed by atoms with Crippen molar-refractivity contribution in [1.29, 1.82) is 0 Å². The number of oxime groups is 1. The molecule has 1 aromatic rings. The van der Waals surface area contributed by atoms with E-state index < -0.39 is 6.09 Å². The monoisotopic (exact) mass is 318 g/mol. The number of carbonyl (C=O) groups is 2. The Bertz CT molecular complexity index is 675. The van der Waals surface area contributed by atoms with Crippen LogP contribution in [-0.2, 0) is 16.2 Å². The number of allylic oxidation sites excluding steroid dienone is 4. The topological polar surface area (TPSA) is 59.0 Å². The molecule has 1 aromatic carbocycles. The van der Waals surface area contributed by atoms with Gasteiger partial charge in [0.1, 0.15) is 5.71 Å². The standard InChI is InChI=1S/C16H15ClN2O3/c1-11-3-4-12(15(17)9-11)10-19(2)16(21)22-18-13-5-7-14(20)8-6-13/h3-9H,10H2,1-2H3. The van der Waals surface area contributed by atoms with Gasteiger partial charge in [0.2, 0.25) is 0 Å². The highest BCUT2D eigenvalue weighted by atomic mass is 35.5. The van der Waals surface area contributed by atoms with E-state index in [9.17, 15) is 9.59 Å². The fraction of sp³-hybridized carbons (Fsp3) is 0.188. The molecule has 0 N–H and O–H groups in total. The number of halogens is 1. The third kappa shape index (κ3) is 4.30.